The molecule has 2 heterocycles. The summed E-state index contributed by atoms with van der Waals surface area (Å²) in [5.74, 6) is 0. The standard InChI is InChI=1S/C30H41F3N2O2S/c1-2-3-4-5-6-11-24(36)17-21-37-29-14-9-18-34(29)19-10-20-35-25-12-7-8-13-27(25)38-28-16-15-23(22-26(28)35)30(31,32)33/h7-8,12-13,15-16,22,24,29,36H,2-6,9-11,14,17-21H2,1H3. The molecule has 4 nitrogen and oxygen atoms in total. The second-order valence-corrected chi connectivity index (χ2v) is 11.5. The smallest absolute Gasteiger partial charge is 0.393 e. The van der Waals surface area contributed by atoms with Crippen molar-refractivity contribution in [2.24, 2.45) is 0 Å². The highest BCUT2D eigenvalue weighted by Crippen LogP contribution is 2.49. The number of rotatable bonds is 14. The normalized spacial score (nSPS) is 18.4. The number of nitrogens with zero attached hydrogens (tertiary/aromatic N) is 2. The summed E-state index contributed by atoms with van der Waals surface area (Å²) in [7, 11) is 0. The lowest BCUT2D eigenvalue weighted by atomic mass is 10.1. The second kappa shape index (κ2) is 14.1. The average molecular weight is 551 g/mol. The molecule has 0 aromatic heterocycles. The fraction of sp³-hybridized carbons (Fsp3) is 0.600. The largest absolute Gasteiger partial charge is 0.416 e. The topological polar surface area (TPSA) is 35.9 Å². The van der Waals surface area contributed by atoms with E-state index in [1.807, 2.05) is 29.2 Å². The van der Waals surface area contributed by atoms with E-state index in [2.05, 4.69) is 11.8 Å². The summed E-state index contributed by atoms with van der Waals surface area (Å²) in [6.45, 7) is 5.18. The molecule has 2 aromatic carbocycles. The number of benzene rings is 2. The van der Waals surface area contributed by atoms with Crippen molar-refractivity contribution in [1.29, 1.82) is 0 Å². The van der Waals surface area contributed by atoms with Crippen molar-refractivity contribution in [2.45, 2.75) is 99.4 Å². The predicted octanol–water partition coefficient (Wildman–Crippen LogP) is 8.25. The second-order valence-electron chi connectivity index (χ2n) is 10.4. The summed E-state index contributed by atoms with van der Waals surface area (Å²) in [6.07, 6.45) is 5.75. The molecule has 0 bridgehead atoms. The number of ether oxygens (including phenoxy) is 1. The highest BCUT2D eigenvalue weighted by molar-refractivity contribution is 7.99. The molecule has 210 valence electrons. The van der Waals surface area contributed by atoms with Crippen LogP contribution in [0.4, 0.5) is 24.5 Å². The molecular formula is C30H41F3N2O2S. The number of halogens is 3. The molecule has 1 N–H and O–H groups in total. The molecule has 2 aliphatic rings. The zero-order valence-electron chi connectivity index (χ0n) is 22.4. The van der Waals surface area contributed by atoms with Crippen LogP contribution >= 0.6 is 11.8 Å². The van der Waals surface area contributed by atoms with E-state index in [1.165, 1.54) is 49.6 Å². The van der Waals surface area contributed by atoms with Gasteiger partial charge in [0.05, 0.1) is 29.6 Å². The van der Waals surface area contributed by atoms with Crippen molar-refractivity contribution in [3.63, 3.8) is 0 Å². The van der Waals surface area contributed by atoms with Crippen LogP contribution in [0.3, 0.4) is 0 Å². The Kier molecular flexibility index (Phi) is 10.8. The van der Waals surface area contributed by atoms with E-state index in [4.69, 9.17) is 4.74 Å². The summed E-state index contributed by atoms with van der Waals surface area (Å²) >= 11 is 1.52. The number of aliphatic hydroxyl groups excluding tert-OH is 1. The Morgan fingerprint density at radius 1 is 0.974 bits per heavy atom. The molecular weight excluding hydrogens is 509 g/mol. The van der Waals surface area contributed by atoms with E-state index in [9.17, 15) is 18.3 Å². The SMILES string of the molecule is CCCCCCCC(O)CCOC1CCCN1CCCN1c2ccccc2Sc2ccc(C(F)(F)F)cc21. The lowest BCUT2D eigenvalue weighted by Gasteiger charge is -2.34. The van der Waals surface area contributed by atoms with Crippen molar-refractivity contribution in [3.05, 3.63) is 48.0 Å². The summed E-state index contributed by atoms with van der Waals surface area (Å²) in [4.78, 5) is 6.29. The number of unbranched alkanes of at least 4 members (excludes halogenated alkanes) is 4. The van der Waals surface area contributed by atoms with Crippen LogP contribution in [0.5, 0.6) is 0 Å². The van der Waals surface area contributed by atoms with E-state index in [1.54, 1.807) is 6.07 Å². The summed E-state index contributed by atoms with van der Waals surface area (Å²) in [5.41, 5.74) is 0.973. The maximum Gasteiger partial charge on any atom is 0.416 e. The van der Waals surface area contributed by atoms with Crippen LogP contribution in [0.15, 0.2) is 52.3 Å². The Morgan fingerprint density at radius 2 is 1.76 bits per heavy atom. The number of alkyl halides is 3. The fourth-order valence-corrected chi connectivity index (χ4v) is 6.46. The monoisotopic (exact) mass is 550 g/mol. The van der Waals surface area contributed by atoms with Gasteiger partial charge in [0, 0.05) is 29.4 Å². The molecule has 2 atom stereocenters. The van der Waals surface area contributed by atoms with Gasteiger partial charge in [-0.25, -0.2) is 0 Å². The third-order valence-corrected chi connectivity index (χ3v) is 8.62. The number of likely N-dealkylation sites (tertiary alicyclic amines) is 1. The highest BCUT2D eigenvalue weighted by Gasteiger charge is 2.33. The van der Waals surface area contributed by atoms with E-state index < -0.39 is 11.7 Å². The van der Waals surface area contributed by atoms with Crippen molar-refractivity contribution in [1.82, 2.24) is 4.90 Å². The van der Waals surface area contributed by atoms with Crippen LogP contribution < -0.4 is 4.90 Å². The molecule has 0 amide bonds. The number of para-hydroxylation sites is 1. The van der Waals surface area contributed by atoms with Gasteiger partial charge in [0.1, 0.15) is 6.23 Å². The van der Waals surface area contributed by atoms with Gasteiger partial charge in [-0.05, 0) is 62.4 Å². The first-order chi connectivity index (χ1) is 18.4. The number of aliphatic hydroxyl groups is 1. The summed E-state index contributed by atoms with van der Waals surface area (Å²) in [5, 5.41) is 10.3. The van der Waals surface area contributed by atoms with Crippen molar-refractivity contribution in [2.75, 3.05) is 31.1 Å². The van der Waals surface area contributed by atoms with Gasteiger partial charge in [-0.1, -0.05) is 62.9 Å². The Morgan fingerprint density at radius 3 is 2.58 bits per heavy atom. The first-order valence-electron chi connectivity index (χ1n) is 14.2. The van der Waals surface area contributed by atoms with Crippen LogP contribution in [0.25, 0.3) is 0 Å². The predicted molar refractivity (Wildman–Crippen MR) is 148 cm³/mol. The molecule has 0 saturated carbocycles. The quantitative estimate of drug-likeness (QED) is 0.240. The minimum absolute atomic E-state index is 0.0556. The van der Waals surface area contributed by atoms with Crippen LogP contribution in [0, 0.1) is 0 Å². The van der Waals surface area contributed by atoms with E-state index in [-0.39, 0.29) is 12.3 Å². The maximum absolute atomic E-state index is 13.5. The molecule has 2 unspecified atom stereocenters. The van der Waals surface area contributed by atoms with Gasteiger partial charge in [-0.2, -0.15) is 13.2 Å². The van der Waals surface area contributed by atoms with Gasteiger partial charge in [0.25, 0.3) is 0 Å². The first-order valence-corrected chi connectivity index (χ1v) is 15.0. The molecule has 38 heavy (non-hydrogen) atoms. The van der Waals surface area contributed by atoms with Gasteiger partial charge < -0.3 is 14.7 Å². The molecule has 0 spiro atoms. The Hall–Kier alpha value is -1.74. The third-order valence-electron chi connectivity index (χ3n) is 7.49. The maximum atomic E-state index is 13.5. The molecule has 2 aliphatic heterocycles. The van der Waals surface area contributed by atoms with E-state index in [0.29, 0.717) is 25.3 Å². The van der Waals surface area contributed by atoms with Gasteiger partial charge in [0.2, 0.25) is 0 Å². The van der Waals surface area contributed by atoms with Gasteiger partial charge in [-0.3, -0.25) is 4.90 Å². The molecule has 2 aromatic rings. The van der Waals surface area contributed by atoms with E-state index >= 15 is 0 Å². The molecule has 0 aliphatic carbocycles. The van der Waals surface area contributed by atoms with Gasteiger partial charge in [-0.15, -0.1) is 0 Å². The molecule has 8 heteroatoms. The Balaban J connectivity index is 1.29. The first kappa shape index (κ1) is 29.2. The van der Waals surface area contributed by atoms with Crippen LogP contribution in [0.2, 0.25) is 0 Å². The number of hydrogen-bond acceptors (Lipinski definition) is 5. The zero-order chi connectivity index (χ0) is 27.0. The highest BCUT2D eigenvalue weighted by atomic mass is 32.2. The number of fused-ring (bicyclic) bond motifs is 2. The molecule has 1 fully saturated rings. The lowest BCUT2D eigenvalue weighted by Crippen LogP contribution is -2.35. The van der Waals surface area contributed by atoms with Gasteiger partial charge in [0.15, 0.2) is 0 Å². The van der Waals surface area contributed by atoms with Crippen molar-refractivity contribution < 1.29 is 23.0 Å². The van der Waals surface area contributed by atoms with Crippen molar-refractivity contribution in [3.8, 4) is 0 Å². The molecule has 4 rings (SSSR count). The lowest BCUT2D eigenvalue weighted by molar-refractivity contribution is -0.137. The third kappa shape index (κ3) is 7.90. The number of anilines is 2. The molecule has 1 saturated heterocycles. The zero-order valence-corrected chi connectivity index (χ0v) is 23.2. The fourth-order valence-electron chi connectivity index (χ4n) is 5.39. The summed E-state index contributed by atoms with van der Waals surface area (Å²) < 4.78 is 46.6. The summed E-state index contributed by atoms with van der Waals surface area (Å²) in [6, 6.07) is 12.0. The van der Waals surface area contributed by atoms with Crippen LogP contribution in [-0.2, 0) is 10.9 Å². The Bertz CT molecular complexity index is 1020. The Labute approximate surface area is 229 Å². The minimum atomic E-state index is -4.37. The van der Waals surface area contributed by atoms with Crippen molar-refractivity contribution >= 4 is 23.1 Å². The minimum Gasteiger partial charge on any atom is -0.393 e. The van der Waals surface area contributed by atoms with Crippen LogP contribution in [0.1, 0.15) is 76.7 Å². The molecule has 0 radical (unpaired) electrons. The van der Waals surface area contributed by atoms with Crippen LogP contribution in [-0.4, -0.2) is 48.6 Å². The number of hydrogen-bond donors (Lipinski definition) is 1. The van der Waals surface area contributed by atoms with Gasteiger partial charge >= 0.3 is 6.18 Å². The average Bonchev–Trinajstić information content (AvgIpc) is 3.34. The van der Waals surface area contributed by atoms with E-state index in [0.717, 1.165) is 60.7 Å².